The second kappa shape index (κ2) is 4.07. The maximum absolute atomic E-state index is 12.5. The van der Waals surface area contributed by atoms with Gasteiger partial charge in [-0.2, -0.15) is 0 Å². The average molecular weight is 248 g/mol. The van der Waals surface area contributed by atoms with Crippen molar-refractivity contribution in [2.75, 3.05) is 19.0 Å². The summed E-state index contributed by atoms with van der Waals surface area (Å²) < 4.78 is 5.98. The number of hydrogen-bond acceptors (Lipinski definition) is 3. The molecular weight excluding hydrogens is 228 g/mol. The normalized spacial score (nSPS) is 27.0. The molecule has 2 rings (SSSR count). The molecule has 18 heavy (non-hydrogen) atoms. The Kier molecular flexibility index (Phi) is 2.95. The summed E-state index contributed by atoms with van der Waals surface area (Å²) >= 11 is 0. The molecule has 1 heterocycles. The van der Waals surface area contributed by atoms with E-state index in [9.17, 15) is 4.79 Å². The molecule has 4 heteroatoms. The number of amides is 1. The van der Waals surface area contributed by atoms with Gasteiger partial charge < -0.3 is 4.74 Å². The molecule has 0 radical (unpaired) electrons. The number of ether oxygens (including phenoxy) is 1. The van der Waals surface area contributed by atoms with E-state index in [0.29, 0.717) is 0 Å². The van der Waals surface area contributed by atoms with Crippen molar-refractivity contribution < 1.29 is 9.53 Å². The quantitative estimate of drug-likeness (QED) is 0.803. The molecule has 0 spiro atoms. The lowest BCUT2D eigenvalue weighted by atomic mass is 10.1. The van der Waals surface area contributed by atoms with Gasteiger partial charge in [0, 0.05) is 5.69 Å². The van der Waals surface area contributed by atoms with Crippen molar-refractivity contribution in [3.63, 3.8) is 0 Å². The minimum Gasteiger partial charge on any atom is -0.326 e. The minimum atomic E-state index is -0.811. The van der Waals surface area contributed by atoms with Crippen molar-refractivity contribution in [3.05, 3.63) is 30.3 Å². The summed E-state index contributed by atoms with van der Waals surface area (Å²) in [4.78, 5) is 16.1. The summed E-state index contributed by atoms with van der Waals surface area (Å²) in [5.74, 6) is -0.785. The molecule has 1 aliphatic rings. The van der Waals surface area contributed by atoms with Gasteiger partial charge in [-0.3, -0.25) is 14.6 Å². The lowest BCUT2D eigenvalue weighted by Crippen LogP contribution is -2.54. The molecule has 98 valence electrons. The summed E-state index contributed by atoms with van der Waals surface area (Å²) in [6.07, 6.45) is 0. The second-order valence-electron chi connectivity index (χ2n) is 5.42. The number of carbonyl (C=O) groups excluding carboxylic acids is 1. The van der Waals surface area contributed by atoms with Crippen molar-refractivity contribution in [1.29, 1.82) is 0 Å². The molecule has 1 amide bonds. The highest BCUT2D eigenvalue weighted by atomic mass is 16.6. The Morgan fingerprint density at radius 2 is 1.67 bits per heavy atom. The number of nitrogens with zero attached hydrogens (tertiary/aromatic N) is 2. The fourth-order valence-corrected chi connectivity index (χ4v) is 2.26. The van der Waals surface area contributed by atoms with Gasteiger partial charge >= 0.3 is 0 Å². The summed E-state index contributed by atoms with van der Waals surface area (Å²) in [6, 6.07) is 9.62. The molecule has 1 saturated heterocycles. The highest BCUT2D eigenvalue weighted by molar-refractivity contribution is 6.01. The first-order valence-corrected chi connectivity index (χ1v) is 6.06. The van der Waals surface area contributed by atoms with Gasteiger partial charge in [-0.1, -0.05) is 18.2 Å². The van der Waals surface area contributed by atoms with Crippen LogP contribution in [-0.2, 0) is 9.53 Å². The molecule has 1 aromatic carbocycles. The van der Waals surface area contributed by atoms with Gasteiger partial charge in [0.1, 0.15) is 5.60 Å². The van der Waals surface area contributed by atoms with Gasteiger partial charge in [0.05, 0.1) is 0 Å². The second-order valence-corrected chi connectivity index (χ2v) is 5.42. The van der Waals surface area contributed by atoms with Crippen LogP contribution in [0, 0.1) is 0 Å². The number of para-hydroxylation sites is 1. The Labute approximate surface area is 108 Å². The molecule has 1 fully saturated rings. The Morgan fingerprint density at radius 1 is 1.11 bits per heavy atom. The third-order valence-electron chi connectivity index (χ3n) is 3.43. The van der Waals surface area contributed by atoms with Gasteiger partial charge in [0.2, 0.25) is 5.85 Å². The molecule has 1 unspecified atom stereocenters. The fraction of sp³-hybridized carbons (Fsp3) is 0.500. The fourth-order valence-electron chi connectivity index (χ4n) is 2.26. The molecular formula is C14H20N2O2. The van der Waals surface area contributed by atoms with E-state index in [0.717, 1.165) is 5.69 Å². The zero-order valence-electron chi connectivity index (χ0n) is 11.6. The largest absolute Gasteiger partial charge is 0.326 e. The molecule has 1 atom stereocenters. The third kappa shape index (κ3) is 1.82. The predicted molar refractivity (Wildman–Crippen MR) is 71.2 cm³/mol. The van der Waals surface area contributed by atoms with E-state index in [1.54, 1.807) is 18.7 Å². The first-order chi connectivity index (χ1) is 8.29. The lowest BCUT2D eigenvalue weighted by molar-refractivity contribution is -0.153. The maximum Gasteiger partial charge on any atom is 0.262 e. The summed E-state index contributed by atoms with van der Waals surface area (Å²) in [5.41, 5.74) is 0.0405. The number of benzene rings is 1. The zero-order valence-corrected chi connectivity index (χ0v) is 11.6. The van der Waals surface area contributed by atoms with E-state index >= 15 is 0 Å². The number of rotatable bonds is 2. The molecule has 0 N–H and O–H groups in total. The van der Waals surface area contributed by atoms with E-state index in [4.69, 9.17) is 4.74 Å². The van der Waals surface area contributed by atoms with Crippen molar-refractivity contribution in [3.8, 4) is 0 Å². The van der Waals surface area contributed by atoms with Crippen molar-refractivity contribution >= 4 is 11.6 Å². The van der Waals surface area contributed by atoms with Crippen LogP contribution < -0.4 is 4.90 Å². The Morgan fingerprint density at radius 3 is 2.17 bits per heavy atom. The van der Waals surface area contributed by atoms with Gasteiger partial charge in [-0.25, -0.2) is 0 Å². The summed E-state index contributed by atoms with van der Waals surface area (Å²) in [7, 11) is 3.81. The van der Waals surface area contributed by atoms with Crippen LogP contribution in [0.3, 0.4) is 0 Å². The number of anilines is 1. The molecule has 1 aromatic rings. The van der Waals surface area contributed by atoms with Crippen LogP contribution in [0.25, 0.3) is 0 Å². The van der Waals surface area contributed by atoms with Gasteiger partial charge in [0.25, 0.3) is 5.91 Å². The van der Waals surface area contributed by atoms with Gasteiger partial charge in [-0.05, 0) is 47.0 Å². The molecule has 0 bridgehead atoms. The Balaban J connectivity index is 2.52. The summed E-state index contributed by atoms with van der Waals surface area (Å²) in [6.45, 7) is 5.52. The average Bonchev–Trinajstić information content (AvgIpc) is 2.48. The monoisotopic (exact) mass is 248 g/mol. The highest BCUT2D eigenvalue weighted by Crippen LogP contribution is 2.39. The first-order valence-electron chi connectivity index (χ1n) is 6.06. The molecule has 1 aliphatic heterocycles. The van der Waals surface area contributed by atoms with E-state index in [2.05, 4.69) is 0 Å². The smallest absolute Gasteiger partial charge is 0.262 e. The van der Waals surface area contributed by atoms with E-state index < -0.39 is 11.4 Å². The van der Waals surface area contributed by atoms with Gasteiger partial charge in [0.15, 0.2) is 0 Å². The zero-order chi connectivity index (χ0) is 13.6. The molecule has 0 aliphatic carbocycles. The molecule has 4 nitrogen and oxygen atoms in total. The third-order valence-corrected chi connectivity index (χ3v) is 3.43. The van der Waals surface area contributed by atoms with Crippen LogP contribution in [0.4, 0.5) is 5.69 Å². The van der Waals surface area contributed by atoms with Crippen molar-refractivity contribution in [2.45, 2.75) is 32.2 Å². The topological polar surface area (TPSA) is 32.8 Å². The van der Waals surface area contributed by atoms with Crippen LogP contribution in [0.15, 0.2) is 30.3 Å². The van der Waals surface area contributed by atoms with Crippen LogP contribution in [0.5, 0.6) is 0 Å². The number of carbonyl (C=O) groups is 1. The summed E-state index contributed by atoms with van der Waals surface area (Å²) in [5, 5.41) is 0. The van der Waals surface area contributed by atoms with Crippen molar-refractivity contribution in [2.24, 2.45) is 0 Å². The minimum absolute atomic E-state index is 0.0232. The Hall–Kier alpha value is -1.39. The SMILES string of the molecule is CN(C)C1(C)OC(C)(C)C(=O)N1c1ccccc1. The van der Waals surface area contributed by atoms with Crippen LogP contribution >= 0.6 is 0 Å². The van der Waals surface area contributed by atoms with E-state index in [-0.39, 0.29) is 5.91 Å². The highest BCUT2D eigenvalue weighted by Gasteiger charge is 2.55. The van der Waals surface area contributed by atoms with Crippen LogP contribution in [0.2, 0.25) is 0 Å². The van der Waals surface area contributed by atoms with Crippen LogP contribution in [0.1, 0.15) is 20.8 Å². The predicted octanol–water partition coefficient (Wildman–Crippen LogP) is 2.06. The molecule has 0 saturated carbocycles. The molecule has 0 aromatic heterocycles. The standard InChI is InChI=1S/C14H20N2O2/c1-13(2)12(17)16(11-9-7-6-8-10-11)14(3,18-13)15(4)5/h6-10H,1-5H3. The van der Waals surface area contributed by atoms with Crippen LogP contribution in [-0.4, -0.2) is 36.4 Å². The van der Waals surface area contributed by atoms with Crippen molar-refractivity contribution in [1.82, 2.24) is 4.90 Å². The lowest BCUT2D eigenvalue weighted by Gasteiger charge is -2.38. The maximum atomic E-state index is 12.5. The first kappa shape index (κ1) is 13.1. The van der Waals surface area contributed by atoms with E-state index in [1.165, 1.54) is 0 Å². The van der Waals surface area contributed by atoms with Gasteiger partial charge in [-0.15, -0.1) is 0 Å². The Bertz CT molecular complexity index is 456. The number of hydrogen-bond donors (Lipinski definition) is 0. The van der Waals surface area contributed by atoms with E-state index in [1.807, 2.05) is 56.3 Å².